The van der Waals surface area contributed by atoms with Crippen LogP contribution in [0.2, 0.25) is 0 Å². The first-order chi connectivity index (χ1) is 10.1. The second-order valence-electron chi connectivity index (χ2n) is 6.22. The molecule has 21 heavy (non-hydrogen) atoms. The van der Waals surface area contributed by atoms with E-state index in [-0.39, 0.29) is 6.61 Å². The van der Waals surface area contributed by atoms with Gasteiger partial charge in [0, 0.05) is 31.0 Å². The van der Waals surface area contributed by atoms with Gasteiger partial charge in [0.1, 0.15) is 4.90 Å². The Morgan fingerprint density at radius 3 is 2.43 bits per heavy atom. The summed E-state index contributed by atoms with van der Waals surface area (Å²) in [6.07, 6.45) is 6.88. The van der Waals surface area contributed by atoms with E-state index >= 15 is 0 Å². The summed E-state index contributed by atoms with van der Waals surface area (Å²) in [6, 6.07) is 2.02. The zero-order chi connectivity index (χ0) is 15.0. The van der Waals surface area contributed by atoms with Crippen LogP contribution in [-0.2, 0) is 16.6 Å². The van der Waals surface area contributed by atoms with Gasteiger partial charge in [0.15, 0.2) is 0 Å². The monoisotopic (exact) mass is 312 g/mol. The van der Waals surface area contributed by atoms with E-state index < -0.39 is 10.0 Å². The van der Waals surface area contributed by atoms with Crippen LogP contribution in [0.5, 0.6) is 0 Å². The molecule has 1 aliphatic carbocycles. The normalized spacial score (nSPS) is 21.8. The SMILES string of the molecule is CCC1CCN(S(=O)(=O)c2cc(CO)n(C3CC3)c2)CC1. The molecular weight excluding hydrogens is 288 g/mol. The standard InChI is InChI=1S/C15H24N2O3S/c1-2-12-5-7-16(8-6-12)21(19,20)15-9-14(11-18)17(10-15)13-3-4-13/h9-10,12-13,18H,2-8,11H2,1H3. The molecule has 0 spiro atoms. The van der Waals surface area contributed by atoms with Gasteiger partial charge in [-0.1, -0.05) is 13.3 Å². The molecule has 3 rings (SSSR count). The largest absolute Gasteiger partial charge is 0.390 e. The Hall–Kier alpha value is -0.850. The molecule has 1 aromatic rings. The van der Waals surface area contributed by atoms with Gasteiger partial charge in [0.2, 0.25) is 10.0 Å². The number of rotatable bonds is 5. The van der Waals surface area contributed by atoms with Crippen LogP contribution in [-0.4, -0.2) is 35.5 Å². The van der Waals surface area contributed by atoms with Crippen molar-refractivity contribution in [2.75, 3.05) is 13.1 Å². The van der Waals surface area contributed by atoms with Crippen LogP contribution in [0.3, 0.4) is 0 Å². The Kier molecular flexibility index (Phi) is 4.12. The maximum absolute atomic E-state index is 12.7. The topological polar surface area (TPSA) is 62.5 Å². The summed E-state index contributed by atoms with van der Waals surface area (Å²) in [7, 11) is -3.41. The van der Waals surface area contributed by atoms with Crippen LogP contribution in [0.4, 0.5) is 0 Å². The summed E-state index contributed by atoms with van der Waals surface area (Å²) in [5, 5.41) is 9.42. The Labute approximate surface area is 126 Å². The molecule has 0 bridgehead atoms. The van der Waals surface area contributed by atoms with E-state index in [1.54, 1.807) is 16.6 Å². The van der Waals surface area contributed by atoms with E-state index in [1.807, 2.05) is 4.57 Å². The molecule has 1 saturated heterocycles. The zero-order valence-electron chi connectivity index (χ0n) is 12.5. The molecule has 2 fully saturated rings. The second-order valence-corrected chi connectivity index (χ2v) is 8.16. The van der Waals surface area contributed by atoms with Crippen molar-refractivity contribution in [3.05, 3.63) is 18.0 Å². The Morgan fingerprint density at radius 1 is 1.24 bits per heavy atom. The molecule has 0 atom stereocenters. The highest BCUT2D eigenvalue weighted by Crippen LogP contribution is 2.38. The number of hydrogen-bond acceptors (Lipinski definition) is 3. The first-order valence-corrected chi connectivity index (χ1v) is 9.32. The third-order valence-corrected chi connectivity index (χ3v) is 6.66. The van der Waals surface area contributed by atoms with Crippen molar-refractivity contribution in [1.29, 1.82) is 0 Å². The van der Waals surface area contributed by atoms with Crippen molar-refractivity contribution >= 4 is 10.0 Å². The van der Waals surface area contributed by atoms with Crippen LogP contribution in [0.25, 0.3) is 0 Å². The third kappa shape index (κ3) is 2.89. The molecule has 1 aromatic heterocycles. The molecule has 1 N–H and O–H groups in total. The Morgan fingerprint density at radius 2 is 1.90 bits per heavy atom. The maximum atomic E-state index is 12.7. The van der Waals surface area contributed by atoms with Crippen molar-refractivity contribution in [1.82, 2.24) is 8.87 Å². The lowest BCUT2D eigenvalue weighted by molar-refractivity contribution is 0.269. The summed E-state index contributed by atoms with van der Waals surface area (Å²) in [5.74, 6) is 0.653. The smallest absolute Gasteiger partial charge is 0.244 e. The molecule has 5 nitrogen and oxygen atoms in total. The van der Waals surface area contributed by atoms with Crippen LogP contribution in [0.1, 0.15) is 50.8 Å². The number of aromatic nitrogens is 1. The fourth-order valence-electron chi connectivity index (χ4n) is 3.16. The summed E-state index contributed by atoms with van der Waals surface area (Å²) in [4.78, 5) is 0.341. The predicted molar refractivity (Wildman–Crippen MR) is 80.4 cm³/mol. The van der Waals surface area contributed by atoms with Gasteiger partial charge in [-0.25, -0.2) is 8.42 Å². The van der Waals surface area contributed by atoms with Gasteiger partial charge in [-0.05, 0) is 37.7 Å². The summed E-state index contributed by atoms with van der Waals surface area (Å²) >= 11 is 0. The van der Waals surface area contributed by atoms with Gasteiger partial charge >= 0.3 is 0 Å². The number of sulfonamides is 1. The number of aliphatic hydroxyl groups excluding tert-OH is 1. The fourth-order valence-corrected chi connectivity index (χ4v) is 4.69. The lowest BCUT2D eigenvalue weighted by atomic mass is 9.96. The minimum absolute atomic E-state index is 0.107. The van der Waals surface area contributed by atoms with Gasteiger partial charge in [-0.2, -0.15) is 4.31 Å². The van der Waals surface area contributed by atoms with Crippen LogP contribution in [0.15, 0.2) is 17.2 Å². The highest BCUT2D eigenvalue weighted by molar-refractivity contribution is 7.89. The molecule has 0 amide bonds. The average Bonchev–Trinajstić information content (AvgIpc) is 3.25. The molecule has 2 aliphatic rings. The zero-order valence-corrected chi connectivity index (χ0v) is 13.3. The number of hydrogen-bond donors (Lipinski definition) is 1. The van der Waals surface area contributed by atoms with Gasteiger partial charge in [0.05, 0.1) is 6.61 Å². The molecule has 2 heterocycles. The molecule has 1 aliphatic heterocycles. The molecule has 1 saturated carbocycles. The van der Waals surface area contributed by atoms with Crippen molar-refractivity contribution in [2.45, 2.75) is 56.6 Å². The summed E-state index contributed by atoms with van der Waals surface area (Å²) in [6.45, 7) is 3.29. The number of aliphatic hydroxyl groups is 1. The van der Waals surface area contributed by atoms with Gasteiger partial charge in [0.25, 0.3) is 0 Å². The highest BCUT2D eigenvalue weighted by Gasteiger charge is 2.32. The number of piperidine rings is 1. The fraction of sp³-hybridized carbons (Fsp3) is 0.733. The van der Waals surface area contributed by atoms with E-state index in [0.29, 0.717) is 35.6 Å². The molecule has 0 unspecified atom stereocenters. The molecule has 0 aromatic carbocycles. The van der Waals surface area contributed by atoms with E-state index in [0.717, 1.165) is 32.1 Å². The first-order valence-electron chi connectivity index (χ1n) is 7.88. The Balaban J connectivity index is 1.81. The molecule has 6 heteroatoms. The molecular formula is C15H24N2O3S. The average molecular weight is 312 g/mol. The minimum Gasteiger partial charge on any atom is -0.390 e. The van der Waals surface area contributed by atoms with Crippen LogP contribution in [0, 0.1) is 5.92 Å². The maximum Gasteiger partial charge on any atom is 0.244 e. The summed E-state index contributed by atoms with van der Waals surface area (Å²) < 4.78 is 29.0. The van der Waals surface area contributed by atoms with E-state index in [4.69, 9.17) is 0 Å². The van der Waals surface area contributed by atoms with Gasteiger partial charge in [-0.15, -0.1) is 0 Å². The van der Waals surface area contributed by atoms with E-state index in [2.05, 4.69) is 6.92 Å². The molecule has 0 radical (unpaired) electrons. The van der Waals surface area contributed by atoms with E-state index in [1.165, 1.54) is 0 Å². The van der Waals surface area contributed by atoms with Crippen LogP contribution < -0.4 is 0 Å². The minimum atomic E-state index is -3.41. The second kappa shape index (κ2) is 5.74. The predicted octanol–water partition coefficient (Wildman–Crippen LogP) is 2.13. The number of nitrogens with zero attached hydrogens (tertiary/aromatic N) is 2. The lowest BCUT2D eigenvalue weighted by Gasteiger charge is -2.30. The third-order valence-electron chi connectivity index (χ3n) is 4.80. The van der Waals surface area contributed by atoms with Crippen molar-refractivity contribution in [2.24, 2.45) is 5.92 Å². The highest BCUT2D eigenvalue weighted by atomic mass is 32.2. The van der Waals surface area contributed by atoms with Crippen molar-refractivity contribution < 1.29 is 13.5 Å². The van der Waals surface area contributed by atoms with Crippen molar-refractivity contribution in [3.8, 4) is 0 Å². The Bertz CT molecular complexity index is 596. The quantitative estimate of drug-likeness (QED) is 0.906. The summed E-state index contributed by atoms with van der Waals surface area (Å²) in [5.41, 5.74) is 0.708. The van der Waals surface area contributed by atoms with Gasteiger partial charge < -0.3 is 9.67 Å². The molecule has 118 valence electrons. The van der Waals surface area contributed by atoms with Gasteiger partial charge in [-0.3, -0.25) is 0 Å². The van der Waals surface area contributed by atoms with Crippen molar-refractivity contribution in [3.63, 3.8) is 0 Å². The van der Waals surface area contributed by atoms with Crippen LogP contribution >= 0.6 is 0 Å². The first kappa shape index (κ1) is 15.1. The lowest BCUT2D eigenvalue weighted by Crippen LogP contribution is -2.38. The van der Waals surface area contributed by atoms with E-state index in [9.17, 15) is 13.5 Å².